The minimum absolute atomic E-state index is 0.0263. The third-order valence-electron chi connectivity index (χ3n) is 6.95. The Bertz CT molecular complexity index is 1980. The lowest BCUT2D eigenvalue weighted by Crippen LogP contribution is -2.57. The van der Waals surface area contributed by atoms with Crippen molar-refractivity contribution in [2.24, 2.45) is 0 Å². The lowest BCUT2D eigenvalue weighted by molar-refractivity contribution is -0.212. The molecule has 288 valence electrons. The zero-order chi connectivity index (χ0) is 39.7. The first-order valence-electron chi connectivity index (χ1n) is 15.5. The molecular weight excluding hydrogens is 906 g/mol. The molecule has 0 amide bonds. The maximum Gasteiger partial charge on any atom is 0.303 e. The molecule has 0 unspecified atom stereocenters. The summed E-state index contributed by atoms with van der Waals surface area (Å²) in [6.45, 7) is 3.24. The van der Waals surface area contributed by atoms with Gasteiger partial charge >= 0.3 is 17.9 Å². The van der Waals surface area contributed by atoms with Crippen LogP contribution in [0, 0.1) is 11.6 Å². The second kappa shape index (κ2) is 19.7. The van der Waals surface area contributed by atoms with Gasteiger partial charge in [0, 0.05) is 72.9 Å². The summed E-state index contributed by atoms with van der Waals surface area (Å²) in [5.74, 6) is -3.36. The van der Waals surface area contributed by atoms with Crippen molar-refractivity contribution < 1.29 is 46.8 Å². The van der Waals surface area contributed by atoms with Gasteiger partial charge in [-0.05, 0) is 68.3 Å². The van der Waals surface area contributed by atoms with E-state index in [0.717, 1.165) is 28.4 Å². The van der Waals surface area contributed by atoms with E-state index in [9.17, 15) is 23.2 Å². The van der Waals surface area contributed by atoms with Gasteiger partial charge in [-0.3, -0.25) is 24.4 Å². The fourth-order valence-corrected chi connectivity index (χ4v) is 6.97. The van der Waals surface area contributed by atoms with Crippen molar-refractivity contribution in [3.8, 4) is 17.0 Å². The van der Waals surface area contributed by atoms with E-state index in [1.165, 1.54) is 31.6 Å². The molecule has 21 heteroatoms. The highest BCUT2D eigenvalue weighted by Crippen LogP contribution is 2.42. The Morgan fingerprint density at radius 2 is 1.56 bits per heavy atom. The average Bonchev–Trinajstić information content (AvgIpc) is 3.57. The number of carbonyl (C=O) groups excluding carboxylic acids is 3. The molecule has 5 atom stereocenters. The maximum absolute atomic E-state index is 14.2. The summed E-state index contributed by atoms with van der Waals surface area (Å²) in [6.07, 6.45) is 4.38. The smallest absolute Gasteiger partial charge is 0.303 e. The molecule has 14 nitrogen and oxygen atoms in total. The highest BCUT2D eigenvalue weighted by atomic mass is 79.9. The molecule has 54 heavy (non-hydrogen) atoms. The minimum Gasteiger partial charge on any atom is -0.463 e. The number of hydrogen-bond donors (Lipinski definition) is 0. The fourth-order valence-electron chi connectivity index (χ4n) is 4.77. The molecular formula is C33H31Br2ClF2N6O8S2. The first kappa shape index (κ1) is 42.9. The number of thioether (sulfide) groups is 1. The van der Waals surface area contributed by atoms with Crippen LogP contribution < -0.4 is 4.74 Å². The number of hydrogen-bond acceptors (Lipinski definition) is 14. The predicted octanol–water partition coefficient (Wildman–Crippen LogP) is 6.59. The summed E-state index contributed by atoms with van der Waals surface area (Å²) in [6, 6.07) is 4.46. The van der Waals surface area contributed by atoms with Crippen molar-refractivity contribution in [2.45, 2.75) is 55.5 Å². The number of rotatable bonds is 9. The molecule has 0 aliphatic carbocycles. The number of aromatic nitrogens is 5. The third kappa shape index (κ3) is 12.1. The first-order valence-corrected chi connectivity index (χ1v) is 18.7. The largest absolute Gasteiger partial charge is 0.463 e. The van der Waals surface area contributed by atoms with Crippen LogP contribution in [0.3, 0.4) is 0 Å². The van der Waals surface area contributed by atoms with Crippen LogP contribution in [0.1, 0.15) is 26.8 Å². The summed E-state index contributed by atoms with van der Waals surface area (Å²) in [4.78, 5) is 46.5. The molecule has 1 aliphatic rings. The van der Waals surface area contributed by atoms with E-state index in [1.807, 2.05) is 20.2 Å². The molecule has 0 N–H and O–H groups in total. The normalized spacial score (nSPS) is 19.1. The van der Waals surface area contributed by atoms with E-state index in [1.54, 1.807) is 35.8 Å². The van der Waals surface area contributed by atoms with Gasteiger partial charge in [0.05, 0.1) is 12.4 Å². The van der Waals surface area contributed by atoms with Crippen LogP contribution in [0.5, 0.6) is 5.75 Å². The van der Waals surface area contributed by atoms with Crippen LogP contribution >= 0.6 is 67.4 Å². The second-order valence-corrected chi connectivity index (χ2v) is 15.1. The van der Waals surface area contributed by atoms with Gasteiger partial charge in [0.25, 0.3) is 5.17 Å². The topological polar surface area (TPSA) is 157 Å². The lowest BCUT2D eigenvalue weighted by Gasteiger charge is -2.44. The molecule has 1 aromatic carbocycles. The van der Waals surface area contributed by atoms with Gasteiger partial charge in [-0.2, -0.15) is 0 Å². The van der Waals surface area contributed by atoms with Crippen molar-refractivity contribution in [1.29, 1.82) is 0 Å². The van der Waals surface area contributed by atoms with Crippen molar-refractivity contribution in [3.05, 3.63) is 80.9 Å². The van der Waals surface area contributed by atoms with Crippen molar-refractivity contribution in [3.63, 3.8) is 0 Å². The third-order valence-corrected chi connectivity index (χ3v) is 9.73. The van der Waals surface area contributed by atoms with E-state index in [2.05, 4.69) is 52.1 Å². The number of carbonyl (C=O) groups is 3. The van der Waals surface area contributed by atoms with Gasteiger partial charge in [-0.15, -0.1) is 5.10 Å². The van der Waals surface area contributed by atoms with Gasteiger partial charge in [-0.1, -0.05) is 28.6 Å². The Kier molecular flexibility index (Phi) is 15.6. The standard InChI is InChI=1S/C25H22BrClF2N4O7S.C8H9BrN2OS/c1-11(34)37-10-20-23(38-12(2)35)22(33-9-19(31-32-33)14-4-17(28)21(27)18(29)5-14)24(39-13(3)36)25(40-20)41-16-6-15(26)7-30-8-16;1-11(2)8(13)12-7-3-6(9)4-10-5-7/h4-9,20,22-25H,10H2,1-3H3;3-5H,1-2H3/t20-,22+,23+,24-,25-;/m1./s1. The van der Waals surface area contributed by atoms with Gasteiger partial charge in [-0.25, -0.2) is 13.5 Å². The molecule has 1 saturated heterocycles. The summed E-state index contributed by atoms with van der Waals surface area (Å²) in [5.41, 5.74) is -0.880. The number of halogens is 5. The molecule has 4 heterocycles. The van der Waals surface area contributed by atoms with Crippen LogP contribution in [0.25, 0.3) is 11.3 Å². The number of nitrogens with zero attached hydrogens (tertiary/aromatic N) is 6. The molecule has 5 rings (SSSR count). The van der Waals surface area contributed by atoms with Crippen LogP contribution in [0.15, 0.2) is 69.1 Å². The lowest BCUT2D eigenvalue weighted by atomic mass is 9.96. The fraction of sp³-hybridized carbons (Fsp3) is 0.333. The predicted molar refractivity (Wildman–Crippen MR) is 202 cm³/mol. The zero-order valence-corrected chi connectivity index (χ0v) is 34.5. The van der Waals surface area contributed by atoms with Crippen molar-refractivity contribution >= 4 is 90.5 Å². The SMILES string of the molecule is CC(=O)OC[C@H]1O[C@H](Sc2cncc(Br)c2)[C@H](OC(C)=O)[C@@H](n2cc(-c3cc(F)c(Cl)c(F)c3)nn2)[C@H]1OC(C)=O.CN(C)C(=S)Oc1cncc(Br)c1. The monoisotopic (exact) mass is 934 g/mol. The van der Waals surface area contributed by atoms with E-state index in [-0.39, 0.29) is 17.9 Å². The van der Waals surface area contributed by atoms with E-state index < -0.39 is 64.4 Å². The molecule has 1 aliphatic heterocycles. The highest BCUT2D eigenvalue weighted by molar-refractivity contribution is 9.10. The molecule has 0 spiro atoms. The van der Waals surface area contributed by atoms with Crippen LogP contribution in [0.4, 0.5) is 8.78 Å². The Balaban J connectivity index is 0.000000422. The molecule has 0 radical (unpaired) electrons. The Hall–Kier alpha value is -3.82. The van der Waals surface area contributed by atoms with E-state index >= 15 is 0 Å². The van der Waals surface area contributed by atoms with E-state index in [0.29, 0.717) is 20.3 Å². The molecule has 0 saturated carbocycles. The molecule has 4 aromatic rings. The Morgan fingerprint density at radius 3 is 2.13 bits per heavy atom. The number of benzene rings is 1. The molecule has 3 aromatic heterocycles. The molecule has 0 bridgehead atoms. The summed E-state index contributed by atoms with van der Waals surface area (Å²) in [5, 5.41) is 7.88. The average molecular weight is 937 g/mol. The quantitative estimate of drug-likeness (QED) is 0.0766. The van der Waals surface area contributed by atoms with Crippen molar-refractivity contribution in [1.82, 2.24) is 29.9 Å². The van der Waals surface area contributed by atoms with Crippen LogP contribution in [-0.4, -0.2) is 97.4 Å². The number of esters is 3. The summed E-state index contributed by atoms with van der Waals surface area (Å²) in [7, 11) is 3.65. The zero-order valence-electron chi connectivity index (χ0n) is 28.9. The van der Waals surface area contributed by atoms with Crippen molar-refractivity contribution in [2.75, 3.05) is 20.7 Å². The summed E-state index contributed by atoms with van der Waals surface area (Å²) < 4.78 is 59.1. The first-order chi connectivity index (χ1) is 25.5. The number of thiocarbonyl (C=S) groups is 1. The Morgan fingerprint density at radius 1 is 0.944 bits per heavy atom. The number of pyridine rings is 2. The van der Waals surface area contributed by atoms with Crippen LogP contribution in [0.2, 0.25) is 5.02 Å². The van der Waals surface area contributed by atoms with Gasteiger partial charge in [0.2, 0.25) is 0 Å². The minimum atomic E-state index is -1.21. The van der Waals surface area contributed by atoms with Gasteiger partial charge in [0.15, 0.2) is 12.2 Å². The number of ether oxygens (including phenoxy) is 5. The van der Waals surface area contributed by atoms with Gasteiger partial charge < -0.3 is 28.6 Å². The highest BCUT2D eigenvalue weighted by Gasteiger charge is 2.52. The maximum atomic E-state index is 14.2. The Labute approximate surface area is 339 Å². The van der Waals surface area contributed by atoms with E-state index in [4.69, 9.17) is 47.5 Å². The van der Waals surface area contributed by atoms with Crippen LogP contribution in [-0.2, 0) is 33.3 Å². The summed E-state index contributed by atoms with van der Waals surface area (Å²) >= 11 is 18.4. The second-order valence-electron chi connectivity index (χ2n) is 11.4. The van der Waals surface area contributed by atoms with Gasteiger partial charge in [0.1, 0.15) is 52.3 Å². The molecule has 1 fully saturated rings.